The van der Waals surface area contributed by atoms with Gasteiger partial charge in [-0.15, -0.1) is 0 Å². The Balaban J connectivity index is 1.82. The highest BCUT2D eigenvalue weighted by Crippen LogP contribution is 2.19. The highest BCUT2D eigenvalue weighted by atomic mass is 35.5. The van der Waals surface area contributed by atoms with E-state index < -0.39 is 0 Å². The number of hydrogen-bond acceptors (Lipinski definition) is 2. The van der Waals surface area contributed by atoms with Crippen molar-refractivity contribution >= 4 is 11.6 Å². The number of rotatable bonds is 6. The molecule has 18 heavy (non-hydrogen) atoms. The molecule has 1 aromatic heterocycles. The molecule has 0 radical (unpaired) electrons. The third kappa shape index (κ3) is 3.99. The second-order valence-corrected chi connectivity index (χ2v) is 5.63. The molecule has 1 aliphatic rings. The topological polar surface area (TPSA) is 40.7 Å². The monoisotopic (exact) mass is 269 g/mol. The van der Waals surface area contributed by atoms with Crippen molar-refractivity contribution in [1.29, 1.82) is 0 Å². The standard InChI is InChI=1S/C14H24ClN3/c1-2-3-9-13-17-12(14(15)18-13)10-16-11-7-5-4-6-8-11/h11,16H,2-10H2,1H3,(H,17,18). The smallest absolute Gasteiger partial charge is 0.151 e. The Labute approximate surface area is 115 Å². The minimum Gasteiger partial charge on any atom is -0.344 e. The van der Waals surface area contributed by atoms with Crippen LogP contribution in [0.3, 0.4) is 0 Å². The van der Waals surface area contributed by atoms with Gasteiger partial charge in [0.15, 0.2) is 5.15 Å². The lowest BCUT2D eigenvalue weighted by atomic mass is 9.95. The van der Waals surface area contributed by atoms with Gasteiger partial charge in [0.05, 0.1) is 5.69 Å². The number of hydrogen-bond donors (Lipinski definition) is 2. The Kier molecular flexibility index (Phi) is 5.51. The molecule has 1 saturated carbocycles. The van der Waals surface area contributed by atoms with Crippen molar-refractivity contribution in [2.24, 2.45) is 0 Å². The van der Waals surface area contributed by atoms with Crippen LogP contribution in [0.15, 0.2) is 0 Å². The number of unbranched alkanes of at least 4 members (excludes halogenated alkanes) is 1. The highest BCUT2D eigenvalue weighted by molar-refractivity contribution is 6.30. The Morgan fingerprint density at radius 2 is 2.11 bits per heavy atom. The molecule has 0 aromatic carbocycles. The summed E-state index contributed by atoms with van der Waals surface area (Å²) in [7, 11) is 0. The van der Waals surface area contributed by atoms with Crippen molar-refractivity contribution in [2.75, 3.05) is 0 Å². The first-order valence-electron chi connectivity index (χ1n) is 7.26. The van der Waals surface area contributed by atoms with E-state index in [0.717, 1.165) is 24.5 Å². The SMILES string of the molecule is CCCCc1nc(Cl)c(CNC2CCCCC2)[nH]1. The number of imidazole rings is 1. The van der Waals surface area contributed by atoms with Gasteiger partial charge in [-0.2, -0.15) is 0 Å². The molecule has 0 bridgehead atoms. The molecule has 102 valence electrons. The highest BCUT2D eigenvalue weighted by Gasteiger charge is 2.14. The third-order valence-electron chi connectivity index (χ3n) is 3.72. The molecule has 3 nitrogen and oxygen atoms in total. The molecule has 4 heteroatoms. The third-order valence-corrected chi connectivity index (χ3v) is 4.03. The number of nitrogens with one attached hydrogen (secondary N) is 2. The predicted molar refractivity (Wildman–Crippen MR) is 75.9 cm³/mol. The molecular formula is C14H24ClN3. The first-order valence-corrected chi connectivity index (χ1v) is 7.64. The van der Waals surface area contributed by atoms with Crippen molar-refractivity contribution in [3.63, 3.8) is 0 Å². The lowest BCUT2D eigenvalue weighted by Gasteiger charge is -2.22. The van der Waals surface area contributed by atoms with Gasteiger partial charge in [-0.1, -0.05) is 44.2 Å². The molecule has 1 fully saturated rings. The summed E-state index contributed by atoms with van der Waals surface area (Å²) >= 11 is 6.16. The molecule has 0 saturated heterocycles. The first kappa shape index (κ1) is 13.9. The van der Waals surface area contributed by atoms with E-state index in [1.165, 1.54) is 44.9 Å². The Morgan fingerprint density at radius 1 is 1.33 bits per heavy atom. The second kappa shape index (κ2) is 7.15. The number of nitrogens with zero attached hydrogens (tertiary/aromatic N) is 1. The van der Waals surface area contributed by atoms with E-state index in [4.69, 9.17) is 11.6 Å². The number of aromatic nitrogens is 2. The van der Waals surface area contributed by atoms with Crippen LogP contribution < -0.4 is 5.32 Å². The summed E-state index contributed by atoms with van der Waals surface area (Å²) in [6.45, 7) is 3.01. The summed E-state index contributed by atoms with van der Waals surface area (Å²) in [5.74, 6) is 1.03. The molecule has 0 amide bonds. The molecule has 0 spiro atoms. The van der Waals surface area contributed by atoms with Gasteiger partial charge in [-0.3, -0.25) is 0 Å². The van der Waals surface area contributed by atoms with Crippen LogP contribution in [-0.4, -0.2) is 16.0 Å². The molecule has 1 aromatic rings. The average molecular weight is 270 g/mol. The Morgan fingerprint density at radius 3 is 2.83 bits per heavy atom. The summed E-state index contributed by atoms with van der Waals surface area (Å²) in [5, 5.41) is 4.24. The summed E-state index contributed by atoms with van der Waals surface area (Å²) < 4.78 is 0. The van der Waals surface area contributed by atoms with Gasteiger partial charge in [-0.05, 0) is 19.3 Å². The van der Waals surface area contributed by atoms with Crippen LogP contribution in [0.4, 0.5) is 0 Å². The minimum atomic E-state index is 0.643. The van der Waals surface area contributed by atoms with Crippen molar-refractivity contribution in [3.8, 4) is 0 Å². The molecule has 0 atom stereocenters. The maximum absolute atomic E-state index is 6.16. The summed E-state index contributed by atoms with van der Waals surface area (Å²) in [6.07, 6.45) is 10.1. The van der Waals surface area contributed by atoms with Crippen molar-refractivity contribution in [3.05, 3.63) is 16.7 Å². The molecular weight excluding hydrogens is 246 g/mol. The summed E-state index contributed by atoms with van der Waals surface area (Å²) in [6, 6.07) is 0.664. The molecule has 1 heterocycles. The van der Waals surface area contributed by atoms with Gasteiger partial charge in [0.2, 0.25) is 0 Å². The van der Waals surface area contributed by atoms with E-state index in [-0.39, 0.29) is 0 Å². The van der Waals surface area contributed by atoms with E-state index in [1.807, 2.05) is 0 Å². The number of halogens is 1. The zero-order chi connectivity index (χ0) is 12.8. The summed E-state index contributed by atoms with van der Waals surface area (Å²) in [4.78, 5) is 7.73. The molecule has 2 rings (SSSR count). The fourth-order valence-electron chi connectivity index (χ4n) is 2.57. The number of H-pyrrole nitrogens is 1. The van der Waals surface area contributed by atoms with Crippen molar-refractivity contribution < 1.29 is 0 Å². The van der Waals surface area contributed by atoms with Crippen molar-refractivity contribution in [2.45, 2.75) is 70.9 Å². The lowest BCUT2D eigenvalue weighted by Crippen LogP contribution is -2.30. The van der Waals surface area contributed by atoms with Crippen LogP contribution in [0.5, 0.6) is 0 Å². The molecule has 0 unspecified atom stereocenters. The fourth-order valence-corrected chi connectivity index (χ4v) is 2.79. The molecule has 0 aliphatic heterocycles. The summed E-state index contributed by atoms with van der Waals surface area (Å²) in [5.41, 5.74) is 1.05. The first-order chi connectivity index (χ1) is 8.79. The Bertz CT molecular complexity index is 356. The van der Waals surface area contributed by atoms with Crippen molar-refractivity contribution in [1.82, 2.24) is 15.3 Å². The lowest BCUT2D eigenvalue weighted by molar-refractivity contribution is 0.371. The largest absolute Gasteiger partial charge is 0.344 e. The Hall–Kier alpha value is -0.540. The van der Waals surface area contributed by atoms with Crippen LogP contribution in [-0.2, 0) is 13.0 Å². The van der Waals surface area contributed by atoms with Crippen LogP contribution in [0.2, 0.25) is 5.15 Å². The minimum absolute atomic E-state index is 0.643. The normalized spacial score (nSPS) is 17.2. The maximum Gasteiger partial charge on any atom is 0.151 e. The quantitative estimate of drug-likeness (QED) is 0.824. The van der Waals surface area contributed by atoms with Gasteiger partial charge < -0.3 is 10.3 Å². The molecule has 1 aliphatic carbocycles. The zero-order valence-electron chi connectivity index (χ0n) is 11.3. The van der Waals surface area contributed by atoms with E-state index >= 15 is 0 Å². The van der Waals surface area contributed by atoms with Crippen LogP contribution >= 0.6 is 11.6 Å². The van der Waals surface area contributed by atoms with Crippen LogP contribution in [0, 0.1) is 0 Å². The number of aryl methyl sites for hydroxylation is 1. The average Bonchev–Trinajstić information content (AvgIpc) is 2.76. The van der Waals surface area contributed by atoms with E-state index in [0.29, 0.717) is 11.2 Å². The van der Waals surface area contributed by atoms with Gasteiger partial charge >= 0.3 is 0 Å². The van der Waals surface area contributed by atoms with Gasteiger partial charge in [0, 0.05) is 19.0 Å². The van der Waals surface area contributed by atoms with Crippen LogP contribution in [0.1, 0.15) is 63.4 Å². The zero-order valence-corrected chi connectivity index (χ0v) is 12.0. The number of aromatic amines is 1. The fraction of sp³-hybridized carbons (Fsp3) is 0.786. The predicted octanol–water partition coefficient (Wildman–Crippen LogP) is 3.83. The van der Waals surface area contributed by atoms with E-state index in [9.17, 15) is 0 Å². The second-order valence-electron chi connectivity index (χ2n) is 5.27. The van der Waals surface area contributed by atoms with E-state index in [1.54, 1.807) is 0 Å². The van der Waals surface area contributed by atoms with E-state index in [2.05, 4.69) is 22.2 Å². The van der Waals surface area contributed by atoms with Crippen LogP contribution in [0.25, 0.3) is 0 Å². The van der Waals surface area contributed by atoms with Gasteiger partial charge in [0.1, 0.15) is 5.82 Å². The maximum atomic E-state index is 6.16. The van der Waals surface area contributed by atoms with Gasteiger partial charge in [0.25, 0.3) is 0 Å². The van der Waals surface area contributed by atoms with Gasteiger partial charge in [-0.25, -0.2) is 4.98 Å². The molecule has 2 N–H and O–H groups in total.